The fourth-order valence-corrected chi connectivity index (χ4v) is 10.1. The van der Waals surface area contributed by atoms with E-state index in [4.69, 9.17) is 9.47 Å². The van der Waals surface area contributed by atoms with E-state index in [-0.39, 0.29) is 29.6 Å². The topological polar surface area (TPSA) is 103 Å². The first-order valence-electron chi connectivity index (χ1n) is 17.1. The molecule has 6 atom stereocenters. The zero-order chi connectivity index (χ0) is 33.3. The molecule has 2 aromatic carbocycles. The molecule has 5 heterocycles. The smallest absolute Gasteiger partial charge is 0.247 e. The van der Waals surface area contributed by atoms with E-state index in [0.717, 1.165) is 30.1 Å². The summed E-state index contributed by atoms with van der Waals surface area (Å²) in [5, 5.41) is 10.6. The normalized spacial score (nSPS) is 29.4. The minimum Gasteiger partial charge on any atom is -0.494 e. The predicted octanol–water partition coefficient (Wildman–Crippen LogP) is 2.62. The maximum absolute atomic E-state index is 14.9. The fraction of sp³-hybridized carbons (Fsp3) is 0.486. The van der Waals surface area contributed by atoms with Crippen molar-refractivity contribution >= 4 is 35.2 Å². The van der Waals surface area contributed by atoms with E-state index < -0.39 is 28.7 Å². The second-order valence-corrected chi connectivity index (χ2v) is 14.5. The quantitative estimate of drug-likeness (QED) is 0.385. The van der Waals surface area contributed by atoms with Crippen LogP contribution in [0.25, 0.3) is 0 Å². The van der Waals surface area contributed by atoms with Crippen molar-refractivity contribution in [3.8, 4) is 5.75 Å². The Morgan fingerprint density at radius 3 is 2.46 bits per heavy atom. The highest BCUT2D eigenvalue weighted by Gasteiger charge is 2.71. The lowest BCUT2D eigenvalue weighted by molar-refractivity contribution is -0.145. The van der Waals surface area contributed by atoms with Crippen molar-refractivity contribution in [1.82, 2.24) is 14.7 Å². The van der Waals surface area contributed by atoms with Gasteiger partial charge in [-0.25, -0.2) is 0 Å². The molecule has 2 aromatic rings. The van der Waals surface area contributed by atoms with Gasteiger partial charge in [0.25, 0.3) is 0 Å². The first kappa shape index (κ1) is 32.9. The molecule has 0 aromatic heterocycles. The predicted molar refractivity (Wildman–Crippen MR) is 185 cm³/mol. The zero-order valence-electron chi connectivity index (χ0n) is 27.4. The molecule has 3 fully saturated rings. The molecule has 3 amide bonds. The number of anilines is 1. The largest absolute Gasteiger partial charge is 0.494 e. The lowest BCUT2D eigenvalue weighted by Crippen LogP contribution is -2.57. The van der Waals surface area contributed by atoms with Crippen molar-refractivity contribution < 1.29 is 29.0 Å². The van der Waals surface area contributed by atoms with E-state index in [1.54, 1.807) is 21.6 Å². The van der Waals surface area contributed by atoms with E-state index >= 15 is 0 Å². The summed E-state index contributed by atoms with van der Waals surface area (Å²) in [6.45, 7) is 7.22. The summed E-state index contributed by atoms with van der Waals surface area (Å²) in [7, 11) is 0. The standard InChI is InChI=1S/C37H44N4O6S/c1-2-47-29-13-11-27(12-14-29)40-17-6-10-30-31(34(40)43)32-35(44)41(28(25-42)24-26-8-4-3-5-9-26)33-36(45)39(16-7-15-37(32,33)48-30)19-18-38-20-22-46-23-21-38/h3-15,28,30-33,42H,2,16-25H2,1H3/t28-,30+,31-,32+,33?,37+/m1/s1. The number of morpholine rings is 1. The van der Waals surface area contributed by atoms with Crippen LogP contribution in [0.15, 0.2) is 78.9 Å². The van der Waals surface area contributed by atoms with E-state index in [9.17, 15) is 19.5 Å². The highest BCUT2D eigenvalue weighted by atomic mass is 32.2. The van der Waals surface area contributed by atoms with Crippen LogP contribution in [-0.4, -0.2) is 125 Å². The van der Waals surface area contributed by atoms with Crippen LogP contribution in [0, 0.1) is 11.8 Å². The van der Waals surface area contributed by atoms with Crippen molar-refractivity contribution in [1.29, 1.82) is 0 Å². The molecule has 5 aliphatic rings. The molecular weight excluding hydrogens is 628 g/mol. The van der Waals surface area contributed by atoms with Gasteiger partial charge in [0, 0.05) is 50.2 Å². The number of hydrogen-bond donors (Lipinski definition) is 1. The molecule has 0 aliphatic carbocycles. The number of nitrogens with zero attached hydrogens (tertiary/aromatic N) is 4. The minimum atomic E-state index is -0.955. The average Bonchev–Trinajstić information content (AvgIpc) is 3.43. The monoisotopic (exact) mass is 672 g/mol. The number of amides is 3. The summed E-state index contributed by atoms with van der Waals surface area (Å²) >= 11 is 1.57. The van der Waals surface area contributed by atoms with Gasteiger partial charge in [-0.3, -0.25) is 19.3 Å². The molecule has 7 rings (SSSR count). The first-order chi connectivity index (χ1) is 23.4. The molecule has 1 N–H and O–H groups in total. The van der Waals surface area contributed by atoms with Gasteiger partial charge in [0.05, 0.1) is 49.1 Å². The van der Waals surface area contributed by atoms with Crippen LogP contribution in [0.2, 0.25) is 0 Å². The summed E-state index contributed by atoms with van der Waals surface area (Å²) in [5.41, 5.74) is 1.70. The third kappa shape index (κ3) is 5.95. The van der Waals surface area contributed by atoms with E-state index in [0.29, 0.717) is 52.4 Å². The molecule has 1 spiro atoms. The van der Waals surface area contributed by atoms with Crippen molar-refractivity contribution in [2.24, 2.45) is 11.8 Å². The Morgan fingerprint density at radius 2 is 1.73 bits per heavy atom. The molecule has 0 bridgehead atoms. The van der Waals surface area contributed by atoms with Gasteiger partial charge < -0.3 is 29.3 Å². The molecule has 1 unspecified atom stereocenters. The Labute approximate surface area is 286 Å². The number of likely N-dealkylation sites (tertiary alicyclic amines) is 1. The number of benzene rings is 2. The summed E-state index contributed by atoms with van der Waals surface area (Å²) in [6, 6.07) is 15.7. The summed E-state index contributed by atoms with van der Waals surface area (Å²) in [6.07, 6.45) is 8.52. The van der Waals surface area contributed by atoms with Crippen LogP contribution in [0.3, 0.4) is 0 Å². The summed E-state index contributed by atoms with van der Waals surface area (Å²) < 4.78 is 10.2. The van der Waals surface area contributed by atoms with Gasteiger partial charge in [0.2, 0.25) is 17.7 Å². The Hall–Kier alpha value is -3.64. The Bertz CT molecular complexity index is 1550. The Kier molecular flexibility index (Phi) is 9.64. The van der Waals surface area contributed by atoms with Crippen LogP contribution < -0.4 is 9.64 Å². The molecule has 5 aliphatic heterocycles. The van der Waals surface area contributed by atoms with Crippen molar-refractivity contribution in [3.05, 3.63) is 84.5 Å². The van der Waals surface area contributed by atoms with E-state index in [2.05, 4.69) is 11.0 Å². The zero-order valence-corrected chi connectivity index (χ0v) is 28.2. The van der Waals surface area contributed by atoms with Crippen LogP contribution in [0.4, 0.5) is 5.69 Å². The molecule has 3 saturated heterocycles. The Morgan fingerprint density at radius 1 is 0.958 bits per heavy atom. The average molecular weight is 673 g/mol. The van der Waals surface area contributed by atoms with Crippen molar-refractivity contribution in [3.63, 3.8) is 0 Å². The number of ether oxygens (including phenoxy) is 2. The molecule has 48 heavy (non-hydrogen) atoms. The van der Waals surface area contributed by atoms with E-state index in [1.165, 1.54) is 0 Å². The number of aliphatic hydroxyl groups excluding tert-OH is 1. The first-order valence-corrected chi connectivity index (χ1v) is 18.0. The molecule has 0 saturated carbocycles. The third-order valence-electron chi connectivity index (χ3n) is 10.3. The Balaban J connectivity index is 1.25. The highest BCUT2D eigenvalue weighted by molar-refractivity contribution is 8.02. The van der Waals surface area contributed by atoms with E-state index in [1.807, 2.05) is 84.6 Å². The number of fused-ring (bicyclic) bond motifs is 2. The van der Waals surface area contributed by atoms with Crippen LogP contribution in [0.5, 0.6) is 5.75 Å². The lowest BCUT2D eigenvalue weighted by Gasteiger charge is -2.39. The maximum atomic E-state index is 14.9. The molecule has 254 valence electrons. The van der Waals surface area contributed by atoms with Gasteiger partial charge in [-0.1, -0.05) is 54.6 Å². The van der Waals surface area contributed by atoms with Gasteiger partial charge >= 0.3 is 0 Å². The molecule has 0 radical (unpaired) electrons. The second kappa shape index (κ2) is 14.1. The summed E-state index contributed by atoms with van der Waals surface area (Å²) in [5.74, 6) is -1.20. The highest BCUT2D eigenvalue weighted by Crippen LogP contribution is 2.61. The number of rotatable bonds is 10. The number of aliphatic hydroxyl groups is 1. The minimum absolute atomic E-state index is 0.126. The molecule has 11 heteroatoms. The molecular formula is C37H44N4O6S. The summed E-state index contributed by atoms with van der Waals surface area (Å²) in [4.78, 5) is 51.9. The van der Waals surface area contributed by atoms with Gasteiger partial charge in [-0.15, -0.1) is 11.8 Å². The number of thioether (sulfide) groups is 1. The lowest BCUT2D eigenvalue weighted by atomic mass is 9.78. The maximum Gasteiger partial charge on any atom is 0.247 e. The molecule has 10 nitrogen and oxygen atoms in total. The van der Waals surface area contributed by atoms with Crippen molar-refractivity contribution in [2.75, 3.05) is 70.6 Å². The van der Waals surface area contributed by atoms with Gasteiger partial charge in [-0.2, -0.15) is 0 Å². The van der Waals surface area contributed by atoms with Gasteiger partial charge in [0.1, 0.15) is 11.8 Å². The SMILES string of the molecule is CCOc1ccc(N2CC=C[C@@H]3S[C@]45C=CCN(CCN6CCOCC6)C(=O)C4N([C@@H](CO)Cc4ccccc4)C(=O)[C@@H]5[C@@H]3C2=O)cc1. The second-order valence-electron chi connectivity index (χ2n) is 13.1. The van der Waals surface area contributed by atoms with Crippen molar-refractivity contribution in [2.45, 2.75) is 35.4 Å². The number of hydrogen-bond acceptors (Lipinski definition) is 8. The fourth-order valence-electron chi connectivity index (χ4n) is 8.06. The van der Waals surface area contributed by atoms with Crippen LogP contribution >= 0.6 is 11.8 Å². The number of carbonyl (C=O) groups is 3. The van der Waals surface area contributed by atoms with Crippen LogP contribution in [-0.2, 0) is 25.5 Å². The number of carbonyl (C=O) groups excluding carboxylic acids is 3. The van der Waals surface area contributed by atoms with Gasteiger partial charge in [0.15, 0.2) is 0 Å². The van der Waals surface area contributed by atoms with Gasteiger partial charge in [-0.05, 0) is 43.2 Å². The third-order valence-corrected chi connectivity index (χ3v) is 12.1. The van der Waals surface area contributed by atoms with Crippen LogP contribution in [0.1, 0.15) is 12.5 Å².